The number of ether oxygens (including phenoxy) is 2. The Hall–Kier alpha value is -1.95. The topological polar surface area (TPSA) is 35.5 Å². The van der Waals surface area contributed by atoms with Crippen LogP contribution in [0.1, 0.15) is 51.5 Å². The number of hydrogen-bond acceptors (Lipinski definition) is 3. The number of carbonyl (C=O) groups excluding carboxylic acids is 1. The van der Waals surface area contributed by atoms with Crippen LogP contribution in [0.25, 0.3) is 0 Å². The van der Waals surface area contributed by atoms with E-state index in [0.717, 1.165) is 24.2 Å². The number of rotatable bonds is 7. The van der Waals surface area contributed by atoms with E-state index in [1.54, 1.807) is 6.92 Å². The molecule has 1 unspecified atom stereocenters. The smallest absolute Gasteiger partial charge is 0.307 e. The molecule has 114 valence electrons. The fourth-order valence-electron chi connectivity index (χ4n) is 2.15. The number of carbonyl (C=O) groups is 1. The largest absolute Gasteiger partial charge is 0.491 e. The van der Waals surface area contributed by atoms with Crippen LogP contribution in [0.3, 0.4) is 0 Å². The Morgan fingerprint density at radius 3 is 2.48 bits per heavy atom. The molecule has 0 aliphatic rings. The molecule has 0 aliphatic carbocycles. The van der Waals surface area contributed by atoms with Gasteiger partial charge in [0.1, 0.15) is 5.75 Å². The molecular weight excluding hydrogens is 264 g/mol. The van der Waals surface area contributed by atoms with Crippen LogP contribution in [0.15, 0.2) is 24.3 Å². The Balaban J connectivity index is 2.77. The second-order valence-electron chi connectivity index (χ2n) is 5.01. The van der Waals surface area contributed by atoms with E-state index in [1.165, 1.54) is 7.11 Å². The Morgan fingerprint density at radius 2 is 1.95 bits per heavy atom. The zero-order valence-corrected chi connectivity index (χ0v) is 13.3. The minimum atomic E-state index is -0.250. The molecule has 1 aromatic rings. The highest BCUT2D eigenvalue weighted by Crippen LogP contribution is 2.23. The average Bonchev–Trinajstić information content (AvgIpc) is 2.47. The van der Waals surface area contributed by atoms with Crippen molar-refractivity contribution in [3.05, 3.63) is 29.8 Å². The maximum absolute atomic E-state index is 11.4. The monoisotopic (exact) mass is 288 g/mol. The molecule has 0 amide bonds. The molecule has 2 atom stereocenters. The highest BCUT2D eigenvalue weighted by atomic mass is 16.5. The summed E-state index contributed by atoms with van der Waals surface area (Å²) in [5.41, 5.74) is 1.00. The van der Waals surface area contributed by atoms with Crippen LogP contribution in [0.5, 0.6) is 5.75 Å². The van der Waals surface area contributed by atoms with Gasteiger partial charge in [-0.25, -0.2) is 0 Å². The van der Waals surface area contributed by atoms with Gasteiger partial charge >= 0.3 is 5.97 Å². The first-order valence-electron chi connectivity index (χ1n) is 7.36. The van der Waals surface area contributed by atoms with Crippen molar-refractivity contribution in [1.82, 2.24) is 0 Å². The van der Waals surface area contributed by atoms with Gasteiger partial charge in [-0.1, -0.05) is 31.4 Å². The van der Waals surface area contributed by atoms with E-state index in [4.69, 9.17) is 9.47 Å². The maximum Gasteiger partial charge on any atom is 0.307 e. The Bertz CT molecular complexity index is 493. The average molecular weight is 288 g/mol. The normalized spacial score (nSPS) is 12.8. The van der Waals surface area contributed by atoms with Crippen LogP contribution >= 0.6 is 0 Å². The third kappa shape index (κ3) is 5.91. The van der Waals surface area contributed by atoms with Crippen molar-refractivity contribution >= 4 is 5.97 Å². The molecule has 0 saturated carbocycles. The van der Waals surface area contributed by atoms with Crippen molar-refractivity contribution in [3.63, 3.8) is 0 Å². The second kappa shape index (κ2) is 9.07. The second-order valence-corrected chi connectivity index (χ2v) is 5.01. The molecule has 1 aromatic carbocycles. The van der Waals surface area contributed by atoms with Crippen LogP contribution < -0.4 is 4.74 Å². The number of hydrogen-bond donors (Lipinski definition) is 0. The van der Waals surface area contributed by atoms with Gasteiger partial charge < -0.3 is 9.47 Å². The first kappa shape index (κ1) is 17.1. The molecule has 0 aromatic heterocycles. The maximum atomic E-state index is 11.4. The summed E-state index contributed by atoms with van der Waals surface area (Å²) in [6.45, 7) is 5.98. The van der Waals surface area contributed by atoms with E-state index in [-0.39, 0.29) is 24.4 Å². The van der Waals surface area contributed by atoms with Crippen molar-refractivity contribution in [2.45, 2.75) is 52.1 Å². The molecular formula is C18H24O3. The van der Waals surface area contributed by atoms with E-state index < -0.39 is 0 Å². The lowest BCUT2D eigenvalue weighted by atomic mass is 9.96. The SMILES string of the molecule is CC#C[C@@H](CC(=O)OC)c1ccc(OC(C)CCC)cc1. The van der Waals surface area contributed by atoms with Crippen LogP contribution in [0.4, 0.5) is 0 Å². The summed E-state index contributed by atoms with van der Waals surface area (Å²) in [6.07, 6.45) is 2.62. The summed E-state index contributed by atoms with van der Waals surface area (Å²) < 4.78 is 10.5. The highest BCUT2D eigenvalue weighted by molar-refractivity contribution is 5.71. The van der Waals surface area contributed by atoms with Crippen molar-refractivity contribution < 1.29 is 14.3 Å². The molecule has 0 saturated heterocycles. The summed E-state index contributed by atoms with van der Waals surface area (Å²) >= 11 is 0. The van der Waals surface area contributed by atoms with E-state index in [9.17, 15) is 4.79 Å². The zero-order valence-electron chi connectivity index (χ0n) is 13.3. The highest BCUT2D eigenvalue weighted by Gasteiger charge is 2.14. The lowest BCUT2D eigenvalue weighted by Gasteiger charge is -2.15. The van der Waals surface area contributed by atoms with Crippen molar-refractivity contribution in [1.29, 1.82) is 0 Å². The molecule has 0 aliphatic heterocycles. The molecule has 0 fully saturated rings. The number of methoxy groups -OCH3 is 1. The van der Waals surface area contributed by atoms with Gasteiger partial charge in [-0.05, 0) is 38.0 Å². The molecule has 3 nitrogen and oxygen atoms in total. The van der Waals surface area contributed by atoms with E-state index in [0.29, 0.717) is 0 Å². The van der Waals surface area contributed by atoms with Crippen molar-refractivity contribution in [2.75, 3.05) is 7.11 Å². The van der Waals surface area contributed by atoms with E-state index in [2.05, 4.69) is 25.7 Å². The van der Waals surface area contributed by atoms with Gasteiger partial charge in [-0.3, -0.25) is 4.79 Å². The van der Waals surface area contributed by atoms with E-state index >= 15 is 0 Å². The molecule has 0 heterocycles. The molecule has 0 spiro atoms. The quantitative estimate of drug-likeness (QED) is 0.563. The summed E-state index contributed by atoms with van der Waals surface area (Å²) in [7, 11) is 1.39. The predicted molar refractivity (Wildman–Crippen MR) is 84.3 cm³/mol. The van der Waals surface area contributed by atoms with Crippen LogP contribution in [0, 0.1) is 11.8 Å². The van der Waals surface area contributed by atoms with Gasteiger partial charge in [0.2, 0.25) is 0 Å². The standard InChI is InChI=1S/C18H24O3/c1-5-7-14(3)21-17-11-9-15(10-12-17)16(8-6-2)13-18(19)20-4/h9-12,14,16H,5,7,13H2,1-4H3/t14?,16-/m0/s1. The fourth-order valence-corrected chi connectivity index (χ4v) is 2.15. The van der Waals surface area contributed by atoms with Crippen LogP contribution in [-0.2, 0) is 9.53 Å². The molecule has 3 heteroatoms. The minimum Gasteiger partial charge on any atom is -0.491 e. The fraction of sp³-hybridized carbons (Fsp3) is 0.500. The molecule has 21 heavy (non-hydrogen) atoms. The van der Waals surface area contributed by atoms with Gasteiger partial charge in [-0.2, -0.15) is 0 Å². The van der Waals surface area contributed by atoms with Crippen LogP contribution in [0.2, 0.25) is 0 Å². The zero-order chi connectivity index (χ0) is 15.7. The predicted octanol–water partition coefficient (Wildman–Crippen LogP) is 3.92. The third-order valence-electron chi connectivity index (χ3n) is 3.23. The van der Waals surface area contributed by atoms with Gasteiger partial charge in [0.05, 0.1) is 25.6 Å². The lowest BCUT2D eigenvalue weighted by molar-refractivity contribution is -0.140. The summed E-state index contributed by atoms with van der Waals surface area (Å²) in [6, 6.07) is 7.80. The minimum absolute atomic E-state index is 0.135. The number of esters is 1. The van der Waals surface area contributed by atoms with E-state index in [1.807, 2.05) is 24.3 Å². The first-order valence-corrected chi connectivity index (χ1v) is 7.36. The first-order chi connectivity index (χ1) is 10.1. The van der Waals surface area contributed by atoms with Crippen molar-refractivity contribution in [2.24, 2.45) is 0 Å². The summed E-state index contributed by atoms with van der Waals surface area (Å²) in [5.74, 6) is 6.39. The van der Waals surface area contributed by atoms with Crippen molar-refractivity contribution in [3.8, 4) is 17.6 Å². The molecule has 0 bridgehead atoms. The van der Waals surface area contributed by atoms with Gasteiger partial charge in [0, 0.05) is 0 Å². The Kier molecular flexibility index (Phi) is 7.39. The molecule has 0 N–H and O–H groups in total. The lowest BCUT2D eigenvalue weighted by Crippen LogP contribution is -2.11. The molecule has 1 rings (SSSR count). The van der Waals surface area contributed by atoms with Crippen LogP contribution in [-0.4, -0.2) is 19.2 Å². The Labute approximate surface area is 127 Å². The Morgan fingerprint density at radius 1 is 1.29 bits per heavy atom. The number of benzene rings is 1. The van der Waals surface area contributed by atoms with Gasteiger partial charge in [-0.15, -0.1) is 5.92 Å². The molecule has 0 radical (unpaired) electrons. The summed E-state index contributed by atoms with van der Waals surface area (Å²) in [4.78, 5) is 11.4. The summed E-state index contributed by atoms with van der Waals surface area (Å²) in [5, 5.41) is 0. The van der Waals surface area contributed by atoms with Gasteiger partial charge in [0.15, 0.2) is 0 Å². The third-order valence-corrected chi connectivity index (χ3v) is 3.23. The van der Waals surface area contributed by atoms with Gasteiger partial charge in [0.25, 0.3) is 0 Å².